The molecule has 0 aromatic heterocycles. The number of anilines is 1. The molecule has 2 amide bonds. The van der Waals surface area contributed by atoms with Crippen LogP contribution in [0.5, 0.6) is 11.5 Å². The molecule has 0 radical (unpaired) electrons. The Labute approximate surface area is 142 Å². The van der Waals surface area contributed by atoms with Crippen LogP contribution in [0.3, 0.4) is 0 Å². The minimum Gasteiger partial charge on any atom is -0.486 e. The van der Waals surface area contributed by atoms with Crippen molar-refractivity contribution in [1.29, 1.82) is 0 Å². The van der Waals surface area contributed by atoms with Gasteiger partial charge in [-0.2, -0.15) is 0 Å². The summed E-state index contributed by atoms with van der Waals surface area (Å²) in [6.07, 6.45) is 0.241. The van der Waals surface area contributed by atoms with Crippen LogP contribution in [-0.2, 0) is 9.59 Å². The molecule has 1 fully saturated rings. The van der Waals surface area contributed by atoms with Crippen LogP contribution in [0.1, 0.15) is 27.2 Å². The highest BCUT2D eigenvalue weighted by molar-refractivity contribution is 6.00. The van der Waals surface area contributed by atoms with Gasteiger partial charge in [0.2, 0.25) is 11.8 Å². The fourth-order valence-electron chi connectivity index (χ4n) is 2.84. The number of benzene rings is 1. The molecule has 3 rings (SSSR count). The van der Waals surface area contributed by atoms with Crippen LogP contribution in [0.25, 0.3) is 0 Å². The van der Waals surface area contributed by atoms with E-state index in [1.807, 2.05) is 25.1 Å². The molecule has 2 aliphatic rings. The van der Waals surface area contributed by atoms with Crippen LogP contribution >= 0.6 is 0 Å². The Kier molecular flexibility index (Phi) is 4.64. The summed E-state index contributed by atoms with van der Waals surface area (Å²) in [5.41, 5.74) is 0.747. The van der Waals surface area contributed by atoms with E-state index in [-0.39, 0.29) is 30.2 Å². The van der Waals surface area contributed by atoms with Gasteiger partial charge in [-0.05, 0) is 25.0 Å². The number of nitrogens with zero attached hydrogens (tertiary/aromatic N) is 1. The van der Waals surface area contributed by atoms with Crippen molar-refractivity contribution < 1.29 is 19.1 Å². The molecular weight excluding hydrogens is 308 g/mol. The van der Waals surface area contributed by atoms with E-state index < -0.39 is 0 Å². The molecule has 0 spiro atoms. The van der Waals surface area contributed by atoms with Crippen LogP contribution in [0.2, 0.25) is 0 Å². The first-order valence-electron chi connectivity index (χ1n) is 8.46. The second-order valence-corrected chi connectivity index (χ2v) is 6.77. The topological polar surface area (TPSA) is 67.9 Å². The van der Waals surface area contributed by atoms with Crippen molar-refractivity contribution in [2.24, 2.45) is 11.8 Å². The number of hydrogen-bond acceptors (Lipinski definition) is 4. The predicted octanol–water partition coefficient (Wildman–Crippen LogP) is 1.97. The van der Waals surface area contributed by atoms with Crippen LogP contribution in [0, 0.1) is 11.8 Å². The first-order valence-corrected chi connectivity index (χ1v) is 8.46. The van der Waals surface area contributed by atoms with Gasteiger partial charge in [-0.1, -0.05) is 13.8 Å². The zero-order valence-electron chi connectivity index (χ0n) is 14.4. The van der Waals surface area contributed by atoms with E-state index in [2.05, 4.69) is 19.2 Å². The predicted molar refractivity (Wildman–Crippen MR) is 90.3 cm³/mol. The molecule has 6 heteroatoms. The summed E-state index contributed by atoms with van der Waals surface area (Å²) in [5.74, 6) is 1.30. The Morgan fingerprint density at radius 2 is 1.92 bits per heavy atom. The van der Waals surface area contributed by atoms with Gasteiger partial charge in [0.05, 0.1) is 5.92 Å². The van der Waals surface area contributed by atoms with Gasteiger partial charge in [0.15, 0.2) is 11.5 Å². The van der Waals surface area contributed by atoms with Crippen molar-refractivity contribution in [3.63, 3.8) is 0 Å². The van der Waals surface area contributed by atoms with Gasteiger partial charge in [0.25, 0.3) is 0 Å². The van der Waals surface area contributed by atoms with Crippen molar-refractivity contribution in [3.8, 4) is 11.5 Å². The Hall–Kier alpha value is -2.24. The standard InChI is InChI=1S/C18H24N2O4/c1-11(2)12(3)19-18(22)13-8-17(21)20(10-13)14-4-5-15-16(9-14)24-7-6-23-15/h4-5,9,11-13H,6-8,10H2,1-3H3,(H,19,22)/t12-,13+/m1/s1. The van der Waals surface area contributed by atoms with Gasteiger partial charge < -0.3 is 19.7 Å². The van der Waals surface area contributed by atoms with Crippen molar-refractivity contribution in [1.82, 2.24) is 5.32 Å². The number of carbonyl (C=O) groups excluding carboxylic acids is 2. The van der Waals surface area contributed by atoms with Gasteiger partial charge >= 0.3 is 0 Å². The summed E-state index contributed by atoms with van der Waals surface area (Å²) in [7, 11) is 0. The normalized spacial score (nSPS) is 21.1. The van der Waals surface area contributed by atoms with Crippen LogP contribution < -0.4 is 19.7 Å². The minimum atomic E-state index is -0.313. The van der Waals surface area contributed by atoms with E-state index in [4.69, 9.17) is 9.47 Å². The average molecular weight is 332 g/mol. The number of amides is 2. The fourth-order valence-corrected chi connectivity index (χ4v) is 2.84. The number of ether oxygens (including phenoxy) is 2. The molecule has 0 unspecified atom stereocenters. The lowest BCUT2D eigenvalue weighted by Crippen LogP contribution is -2.40. The van der Waals surface area contributed by atoms with Crippen molar-refractivity contribution >= 4 is 17.5 Å². The average Bonchev–Trinajstić information content (AvgIpc) is 2.96. The number of fused-ring (bicyclic) bond motifs is 1. The molecule has 24 heavy (non-hydrogen) atoms. The maximum atomic E-state index is 12.4. The lowest BCUT2D eigenvalue weighted by atomic mass is 10.0. The molecule has 6 nitrogen and oxygen atoms in total. The maximum Gasteiger partial charge on any atom is 0.227 e. The van der Waals surface area contributed by atoms with Gasteiger partial charge in [0, 0.05) is 30.8 Å². The quantitative estimate of drug-likeness (QED) is 0.915. The monoisotopic (exact) mass is 332 g/mol. The fraction of sp³-hybridized carbons (Fsp3) is 0.556. The zero-order chi connectivity index (χ0) is 17.3. The number of nitrogens with one attached hydrogen (secondary N) is 1. The smallest absolute Gasteiger partial charge is 0.227 e. The highest BCUT2D eigenvalue weighted by Crippen LogP contribution is 2.36. The largest absolute Gasteiger partial charge is 0.486 e. The highest BCUT2D eigenvalue weighted by atomic mass is 16.6. The van der Waals surface area contributed by atoms with E-state index >= 15 is 0 Å². The van der Waals surface area contributed by atoms with Gasteiger partial charge in [-0.25, -0.2) is 0 Å². The summed E-state index contributed by atoms with van der Waals surface area (Å²) >= 11 is 0. The SMILES string of the molecule is CC(C)[C@@H](C)NC(=O)[C@H]1CC(=O)N(c2ccc3c(c2)OCCO3)C1. The number of rotatable bonds is 4. The molecule has 0 bridgehead atoms. The van der Waals surface area contributed by atoms with Crippen LogP contribution in [-0.4, -0.2) is 37.6 Å². The van der Waals surface area contributed by atoms with Crippen LogP contribution in [0.15, 0.2) is 18.2 Å². The third-order valence-corrected chi connectivity index (χ3v) is 4.70. The highest BCUT2D eigenvalue weighted by Gasteiger charge is 2.36. The van der Waals surface area contributed by atoms with Gasteiger partial charge in [0.1, 0.15) is 13.2 Å². The second kappa shape index (κ2) is 6.71. The van der Waals surface area contributed by atoms with Crippen molar-refractivity contribution in [2.75, 3.05) is 24.7 Å². The van der Waals surface area contributed by atoms with Gasteiger partial charge in [-0.15, -0.1) is 0 Å². The molecular formula is C18H24N2O4. The molecule has 1 saturated heterocycles. The summed E-state index contributed by atoms with van der Waals surface area (Å²) in [4.78, 5) is 26.4. The Morgan fingerprint density at radius 3 is 2.62 bits per heavy atom. The van der Waals surface area contributed by atoms with E-state index in [1.54, 1.807) is 4.90 Å². The maximum absolute atomic E-state index is 12.4. The first-order chi connectivity index (χ1) is 11.5. The number of carbonyl (C=O) groups is 2. The second-order valence-electron chi connectivity index (χ2n) is 6.77. The molecule has 0 aliphatic carbocycles. The van der Waals surface area contributed by atoms with E-state index in [9.17, 15) is 9.59 Å². The molecule has 2 heterocycles. The Morgan fingerprint density at radius 1 is 1.21 bits per heavy atom. The third kappa shape index (κ3) is 3.32. The van der Waals surface area contributed by atoms with Crippen molar-refractivity contribution in [2.45, 2.75) is 33.2 Å². The van der Waals surface area contributed by atoms with E-state index in [0.29, 0.717) is 37.2 Å². The lowest BCUT2D eigenvalue weighted by Gasteiger charge is -2.22. The summed E-state index contributed by atoms with van der Waals surface area (Å²) in [6.45, 7) is 7.54. The summed E-state index contributed by atoms with van der Waals surface area (Å²) in [5, 5.41) is 3.00. The van der Waals surface area contributed by atoms with E-state index in [1.165, 1.54) is 0 Å². The molecule has 2 aliphatic heterocycles. The van der Waals surface area contributed by atoms with Crippen LogP contribution in [0.4, 0.5) is 5.69 Å². The molecule has 2 atom stereocenters. The molecule has 1 aromatic rings. The Bertz CT molecular complexity index is 644. The minimum absolute atomic E-state index is 0.0379. The molecule has 130 valence electrons. The lowest BCUT2D eigenvalue weighted by molar-refractivity contribution is -0.127. The van der Waals surface area contributed by atoms with Crippen molar-refractivity contribution in [3.05, 3.63) is 18.2 Å². The zero-order valence-corrected chi connectivity index (χ0v) is 14.4. The van der Waals surface area contributed by atoms with Gasteiger partial charge in [-0.3, -0.25) is 9.59 Å². The Balaban J connectivity index is 1.70. The molecule has 1 aromatic carbocycles. The third-order valence-electron chi connectivity index (χ3n) is 4.70. The molecule has 0 saturated carbocycles. The number of hydrogen-bond donors (Lipinski definition) is 1. The first kappa shape index (κ1) is 16.6. The summed E-state index contributed by atoms with van der Waals surface area (Å²) in [6, 6.07) is 5.55. The van der Waals surface area contributed by atoms with E-state index in [0.717, 1.165) is 5.69 Å². The summed E-state index contributed by atoms with van der Waals surface area (Å²) < 4.78 is 11.1. The molecule has 1 N–H and O–H groups in total.